The van der Waals surface area contributed by atoms with E-state index in [1.54, 1.807) is 10.9 Å². The number of anilines is 3. The van der Waals surface area contributed by atoms with Gasteiger partial charge in [0.2, 0.25) is 0 Å². The van der Waals surface area contributed by atoms with Crippen LogP contribution in [0.15, 0.2) is 30.9 Å². The Balaban J connectivity index is 1.57. The van der Waals surface area contributed by atoms with Gasteiger partial charge in [-0.25, -0.2) is 19.6 Å². The molecule has 1 aliphatic rings. The lowest BCUT2D eigenvalue weighted by atomic mass is 10.3. The number of aliphatic hydroxyl groups excluding tert-OH is 1. The summed E-state index contributed by atoms with van der Waals surface area (Å²) >= 11 is 0. The molecule has 124 valence electrons. The minimum atomic E-state index is 0.0193. The summed E-state index contributed by atoms with van der Waals surface area (Å²) in [6.45, 7) is 2.59. The van der Waals surface area contributed by atoms with E-state index in [0.717, 1.165) is 30.0 Å². The van der Waals surface area contributed by atoms with E-state index in [9.17, 15) is 0 Å². The van der Waals surface area contributed by atoms with Crippen molar-refractivity contribution in [3.8, 4) is 0 Å². The van der Waals surface area contributed by atoms with Crippen molar-refractivity contribution in [1.29, 1.82) is 0 Å². The van der Waals surface area contributed by atoms with E-state index in [4.69, 9.17) is 5.11 Å². The van der Waals surface area contributed by atoms with Crippen LogP contribution in [0.25, 0.3) is 11.0 Å². The Labute approximate surface area is 139 Å². The zero-order valence-corrected chi connectivity index (χ0v) is 13.3. The molecule has 8 heteroatoms. The molecule has 0 bridgehead atoms. The third kappa shape index (κ3) is 2.76. The zero-order chi connectivity index (χ0) is 16.4. The molecular weight excluding hydrogens is 306 g/mol. The molecule has 0 atom stereocenters. The number of pyridine rings is 1. The first kappa shape index (κ1) is 14.8. The van der Waals surface area contributed by atoms with Crippen molar-refractivity contribution < 1.29 is 5.11 Å². The largest absolute Gasteiger partial charge is 0.394 e. The molecule has 1 aliphatic heterocycles. The predicted molar refractivity (Wildman–Crippen MR) is 91.4 cm³/mol. The maximum atomic E-state index is 9.09. The van der Waals surface area contributed by atoms with Crippen LogP contribution in [0.3, 0.4) is 0 Å². The zero-order valence-electron chi connectivity index (χ0n) is 13.3. The summed E-state index contributed by atoms with van der Waals surface area (Å²) in [5, 5.41) is 17.4. The molecular formula is C16H19N7O. The van der Waals surface area contributed by atoms with Crippen LogP contribution in [0.4, 0.5) is 17.3 Å². The van der Waals surface area contributed by atoms with Crippen molar-refractivity contribution in [2.24, 2.45) is 0 Å². The molecule has 2 N–H and O–H groups in total. The Morgan fingerprint density at radius 1 is 1.08 bits per heavy atom. The van der Waals surface area contributed by atoms with E-state index in [2.05, 4.69) is 30.3 Å². The molecule has 3 aromatic rings. The van der Waals surface area contributed by atoms with Gasteiger partial charge in [-0.15, -0.1) is 0 Å². The first-order valence-electron chi connectivity index (χ1n) is 8.10. The number of rotatable bonds is 5. The first-order valence-corrected chi connectivity index (χ1v) is 8.10. The van der Waals surface area contributed by atoms with Gasteiger partial charge in [0.25, 0.3) is 0 Å². The highest BCUT2D eigenvalue weighted by molar-refractivity contribution is 5.88. The summed E-state index contributed by atoms with van der Waals surface area (Å²) in [7, 11) is 0. The van der Waals surface area contributed by atoms with Crippen LogP contribution >= 0.6 is 0 Å². The van der Waals surface area contributed by atoms with Crippen LogP contribution in [0.2, 0.25) is 0 Å². The lowest BCUT2D eigenvalue weighted by Gasteiger charge is -2.16. The highest BCUT2D eigenvalue weighted by atomic mass is 16.3. The Morgan fingerprint density at radius 2 is 1.96 bits per heavy atom. The lowest BCUT2D eigenvalue weighted by Crippen LogP contribution is -2.18. The van der Waals surface area contributed by atoms with E-state index in [1.807, 2.05) is 18.3 Å². The number of fused-ring (bicyclic) bond motifs is 1. The van der Waals surface area contributed by atoms with Crippen LogP contribution in [0.1, 0.15) is 12.8 Å². The predicted octanol–water partition coefficient (Wildman–Crippen LogP) is 1.56. The molecule has 4 rings (SSSR count). The molecule has 0 aromatic carbocycles. The SMILES string of the molecule is OCCn1ncc2c(Nc3ccc(N4CCCC4)nc3)ncnc21. The normalized spacial score (nSPS) is 14.5. The van der Waals surface area contributed by atoms with E-state index < -0.39 is 0 Å². The number of nitrogens with one attached hydrogen (secondary N) is 1. The van der Waals surface area contributed by atoms with E-state index in [-0.39, 0.29) is 6.61 Å². The molecule has 0 radical (unpaired) electrons. The van der Waals surface area contributed by atoms with Gasteiger partial charge in [-0.3, -0.25) is 0 Å². The first-order chi connectivity index (χ1) is 11.8. The van der Waals surface area contributed by atoms with E-state index in [1.165, 1.54) is 19.2 Å². The second-order valence-corrected chi connectivity index (χ2v) is 5.78. The number of hydrogen-bond acceptors (Lipinski definition) is 7. The third-order valence-corrected chi connectivity index (χ3v) is 4.19. The molecule has 0 spiro atoms. The second-order valence-electron chi connectivity index (χ2n) is 5.78. The molecule has 0 aliphatic carbocycles. The fourth-order valence-corrected chi connectivity index (χ4v) is 2.98. The van der Waals surface area contributed by atoms with Crippen LogP contribution in [0, 0.1) is 0 Å². The van der Waals surface area contributed by atoms with Gasteiger partial charge in [0.05, 0.1) is 36.6 Å². The molecule has 1 fully saturated rings. The van der Waals surface area contributed by atoms with Gasteiger partial charge in [-0.2, -0.15) is 5.10 Å². The Kier molecular flexibility index (Phi) is 3.96. The van der Waals surface area contributed by atoms with Crippen molar-refractivity contribution in [2.45, 2.75) is 19.4 Å². The summed E-state index contributed by atoms with van der Waals surface area (Å²) in [6.07, 6.45) is 7.49. The van der Waals surface area contributed by atoms with Crippen molar-refractivity contribution in [3.63, 3.8) is 0 Å². The maximum absolute atomic E-state index is 9.09. The Bertz CT molecular complexity index is 824. The van der Waals surface area contributed by atoms with Gasteiger partial charge in [-0.1, -0.05) is 0 Å². The minimum Gasteiger partial charge on any atom is -0.394 e. The standard InChI is InChI=1S/C16H19N7O/c24-8-7-23-16-13(10-20-23)15(18-11-19-16)21-12-3-4-14(17-9-12)22-5-1-2-6-22/h3-4,9-11,24H,1-2,5-8H2,(H,18,19,21). The number of hydrogen-bond donors (Lipinski definition) is 2. The van der Waals surface area contributed by atoms with Crippen LogP contribution in [-0.4, -0.2) is 49.5 Å². The second kappa shape index (κ2) is 6.40. The fraction of sp³-hybridized carbons (Fsp3) is 0.375. The van der Waals surface area contributed by atoms with Gasteiger partial charge in [0, 0.05) is 13.1 Å². The number of aromatic nitrogens is 5. The van der Waals surface area contributed by atoms with E-state index in [0.29, 0.717) is 18.0 Å². The summed E-state index contributed by atoms with van der Waals surface area (Å²) < 4.78 is 1.66. The molecule has 4 heterocycles. The molecule has 3 aromatic heterocycles. The molecule has 1 saturated heterocycles. The topological polar surface area (TPSA) is 92.0 Å². The van der Waals surface area contributed by atoms with Gasteiger partial charge in [-0.05, 0) is 25.0 Å². The lowest BCUT2D eigenvalue weighted by molar-refractivity contribution is 0.271. The van der Waals surface area contributed by atoms with Gasteiger partial charge < -0.3 is 15.3 Å². The summed E-state index contributed by atoms with van der Waals surface area (Å²) in [5.74, 6) is 1.70. The van der Waals surface area contributed by atoms with E-state index >= 15 is 0 Å². The van der Waals surface area contributed by atoms with Crippen LogP contribution in [0.5, 0.6) is 0 Å². The summed E-state index contributed by atoms with van der Waals surface area (Å²) in [4.78, 5) is 15.4. The van der Waals surface area contributed by atoms with Crippen molar-refractivity contribution in [3.05, 3.63) is 30.9 Å². The molecule has 0 saturated carbocycles. The molecule has 24 heavy (non-hydrogen) atoms. The highest BCUT2D eigenvalue weighted by Gasteiger charge is 2.14. The maximum Gasteiger partial charge on any atom is 0.163 e. The fourth-order valence-electron chi connectivity index (χ4n) is 2.98. The number of aliphatic hydroxyl groups is 1. The van der Waals surface area contributed by atoms with Gasteiger partial charge in [0.1, 0.15) is 18.0 Å². The highest BCUT2D eigenvalue weighted by Crippen LogP contribution is 2.24. The average molecular weight is 325 g/mol. The Morgan fingerprint density at radius 3 is 2.71 bits per heavy atom. The number of nitrogens with zero attached hydrogens (tertiary/aromatic N) is 6. The minimum absolute atomic E-state index is 0.0193. The van der Waals surface area contributed by atoms with Crippen molar-refractivity contribution in [1.82, 2.24) is 24.7 Å². The monoisotopic (exact) mass is 325 g/mol. The van der Waals surface area contributed by atoms with Crippen LogP contribution < -0.4 is 10.2 Å². The molecule has 0 unspecified atom stereocenters. The smallest absolute Gasteiger partial charge is 0.163 e. The summed E-state index contributed by atoms with van der Waals surface area (Å²) in [6, 6.07) is 4.04. The quantitative estimate of drug-likeness (QED) is 0.735. The van der Waals surface area contributed by atoms with Crippen molar-refractivity contribution >= 4 is 28.4 Å². The van der Waals surface area contributed by atoms with Gasteiger partial charge in [0.15, 0.2) is 5.65 Å². The van der Waals surface area contributed by atoms with Crippen molar-refractivity contribution in [2.75, 3.05) is 29.9 Å². The average Bonchev–Trinajstić information content (AvgIpc) is 3.27. The third-order valence-electron chi connectivity index (χ3n) is 4.19. The van der Waals surface area contributed by atoms with Gasteiger partial charge >= 0.3 is 0 Å². The Hall–Kier alpha value is -2.74. The molecule has 0 amide bonds. The molecule has 8 nitrogen and oxygen atoms in total. The summed E-state index contributed by atoms with van der Waals surface area (Å²) in [5.41, 5.74) is 1.57. The van der Waals surface area contributed by atoms with Crippen LogP contribution in [-0.2, 0) is 6.54 Å².